The number of nitrogens with zero attached hydrogens (tertiary/aromatic N) is 5. The van der Waals surface area contributed by atoms with E-state index in [-0.39, 0.29) is 0 Å². The summed E-state index contributed by atoms with van der Waals surface area (Å²) in [5.74, 6) is -10.1. The molecule has 2 atom stereocenters. The molecule has 1 aliphatic rings. The van der Waals surface area contributed by atoms with E-state index in [0.29, 0.717) is 0 Å². The fourth-order valence-electron chi connectivity index (χ4n) is 1.89. The van der Waals surface area contributed by atoms with E-state index in [4.69, 9.17) is 0 Å². The maximum Gasteiger partial charge on any atom is 0.723 e. The number of rotatable bonds is 9. The van der Waals surface area contributed by atoms with Crippen LogP contribution in [0.3, 0.4) is 0 Å². The summed E-state index contributed by atoms with van der Waals surface area (Å²) in [5, 5.41) is 53.2. The molecule has 0 amide bonds. The summed E-state index contributed by atoms with van der Waals surface area (Å²) >= 11 is 0. The van der Waals surface area contributed by atoms with E-state index >= 15 is 0 Å². The fourth-order valence-corrected chi connectivity index (χ4v) is 1.89. The summed E-state index contributed by atoms with van der Waals surface area (Å²) in [4.78, 5) is 44.0. The van der Waals surface area contributed by atoms with Crippen molar-refractivity contribution in [2.75, 3.05) is 13.2 Å². The minimum absolute atomic E-state index is 0.887. The normalized spacial score (nSPS) is 20.8. The van der Waals surface area contributed by atoms with Crippen LogP contribution in [0.2, 0.25) is 0 Å². The molecular formula is C7H8FN5O12. The van der Waals surface area contributed by atoms with Crippen LogP contribution in [0.1, 0.15) is 6.42 Å². The summed E-state index contributed by atoms with van der Waals surface area (Å²) in [6.07, 6.45) is -2.68. The van der Waals surface area contributed by atoms with Crippen LogP contribution in [0.4, 0.5) is 4.39 Å². The molecule has 0 aromatic rings. The van der Waals surface area contributed by atoms with Crippen LogP contribution in [0.25, 0.3) is 0 Å². The highest BCUT2D eigenvalue weighted by Crippen LogP contribution is 2.34. The fraction of sp³-hybridized carbons (Fsp3) is 1.00. The van der Waals surface area contributed by atoms with Crippen molar-refractivity contribution in [3.8, 4) is 0 Å². The summed E-state index contributed by atoms with van der Waals surface area (Å²) in [7, 11) is 0. The molecule has 0 aromatic heterocycles. The second-order valence-corrected chi connectivity index (χ2v) is 4.70. The maximum atomic E-state index is 13.9. The standard InChI is InChI=1S/C7H8FN5O12/c8-7(12(20)21,13(22)23)4-1-5(24-2-4)25-3-6(9(14)15,10(16)17)11(18)19/h4-5H,1-3H2/t4-,5+/m1/s1. The zero-order valence-electron chi connectivity index (χ0n) is 11.8. The minimum Gasteiger partial charge on any atom is -0.352 e. The molecule has 1 saturated heterocycles. The first-order chi connectivity index (χ1) is 11.4. The third-order valence-electron chi connectivity index (χ3n) is 3.33. The molecular weight excluding hydrogens is 365 g/mol. The number of ether oxygens (including phenoxy) is 2. The van der Waals surface area contributed by atoms with Gasteiger partial charge in [0.05, 0.1) is 6.61 Å². The van der Waals surface area contributed by atoms with Gasteiger partial charge in [-0.3, -0.25) is 50.6 Å². The number of halogens is 1. The topological polar surface area (TPSA) is 234 Å². The van der Waals surface area contributed by atoms with Crippen molar-refractivity contribution < 1.29 is 38.5 Å². The van der Waals surface area contributed by atoms with Gasteiger partial charge < -0.3 is 9.47 Å². The predicted octanol–water partition coefficient (Wildman–Crippen LogP) is -0.974. The van der Waals surface area contributed by atoms with Crippen LogP contribution in [0.15, 0.2) is 0 Å². The summed E-state index contributed by atoms with van der Waals surface area (Å²) in [6, 6.07) is 0. The molecule has 0 bridgehead atoms. The molecule has 0 unspecified atom stereocenters. The van der Waals surface area contributed by atoms with Gasteiger partial charge in [0.25, 0.3) is 6.61 Å². The van der Waals surface area contributed by atoms with Gasteiger partial charge in [0.2, 0.25) is 0 Å². The van der Waals surface area contributed by atoms with Gasteiger partial charge in [-0.15, -0.1) is 0 Å². The minimum atomic E-state index is -4.15. The highest BCUT2D eigenvalue weighted by Gasteiger charge is 2.72. The van der Waals surface area contributed by atoms with Gasteiger partial charge in [0.15, 0.2) is 27.0 Å². The lowest BCUT2D eigenvalue weighted by atomic mass is 10.0. The second kappa shape index (κ2) is 6.76. The third kappa shape index (κ3) is 3.24. The van der Waals surface area contributed by atoms with Gasteiger partial charge in [-0.1, -0.05) is 4.39 Å². The molecule has 0 radical (unpaired) electrons. The van der Waals surface area contributed by atoms with Crippen LogP contribution in [0, 0.1) is 56.5 Å². The van der Waals surface area contributed by atoms with Gasteiger partial charge in [-0.25, -0.2) is 0 Å². The molecule has 1 rings (SSSR count). The SMILES string of the molecule is O=[N+]([O-])C(F)([C@H]1CO[C@@H](OCC([N+](=O)[O-])([N+](=O)[O-])[N+](=O)[O-])C1)[N+](=O)[O-]. The lowest BCUT2D eigenvalue weighted by Gasteiger charge is -2.14. The quantitative estimate of drug-likeness (QED) is 0.205. The van der Waals surface area contributed by atoms with Crippen LogP contribution in [-0.2, 0) is 9.47 Å². The molecule has 0 N–H and O–H groups in total. The van der Waals surface area contributed by atoms with Crippen LogP contribution in [0.5, 0.6) is 0 Å². The van der Waals surface area contributed by atoms with E-state index in [0.717, 1.165) is 0 Å². The Hall–Kier alpha value is -3.15. The van der Waals surface area contributed by atoms with Crippen molar-refractivity contribution >= 4 is 0 Å². The molecule has 1 fully saturated rings. The van der Waals surface area contributed by atoms with E-state index in [9.17, 15) is 55.0 Å². The Morgan fingerprint density at radius 1 is 0.920 bits per heavy atom. The average Bonchev–Trinajstić information content (AvgIpc) is 2.94. The summed E-state index contributed by atoms with van der Waals surface area (Å²) in [5.41, 5.74) is 0. The average molecular weight is 373 g/mol. The van der Waals surface area contributed by atoms with Crippen molar-refractivity contribution in [2.45, 2.75) is 24.4 Å². The zero-order chi connectivity index (χ0) is 19.6. The summed E-state index contributed by atoms with van der Waals surface area (Å²) < 4.78 is 23.0. The first-order valence-electron chi connectivity index (χ1n) is 6.05. The lowest BCUT2D eigenvalue weighted by molar-refractivity contribution is -0.971. The predicted molar refractivity (Wildman–Crippen MR) is 65.3 cm³/mol. The molecule has 0 aromatic carbocycles. The third-order valence-corrected chi connectivity index (χ3v) is 3.33. The molecule has 0 spiro atoms. The monoisotopic (exact) mass is 373 g/mol. The molecule has 0 aliphatic carbocycles. The molecule has 1 aliphatic heterocycles. The molecule has 18 heteroatoms. The first kappa shape index (κ1) is 19.9. The Labute approximate surface area is 134 Å². The van der Waals surface area contributed by atoms with Crippen molar-refractivity contribution in [1.29, 1.82) is 0 Å². The van der Waals surface area contributed by atoms with Crippen molar-refractivity contribution in [2.24, 2.45) is 5.92 Å². The van der Waals surface area contributed by atoms with Crippen molar-refractivity contribution in [3.63, 3.8) is 0 Å². The molecule has 17 nitrogen and oxygen atoms in total. The maximum absolute atomic E-state index is 13.9. The van der Waals surface area contributed by atoms with E-state index in [1.807, 2.05) is 0 Å². The second-order valence-electron chi connectivity index (χ2n) is 4.70. The van der Waals surface area contributed by atoms with Gasteiger partial charge in [-0.05, 0) is 0 Å². The zero-order valence-corrected chi connectivity index (χ0v) is 11.8. The smallest absolute Gasteiger partial charge is 0.352 e. The Kier molecular flexibility index (Phi) is 5.38. The Morgan fingerprint density at radius 3 is 1.72 bits per heavy atom. The van der Waals surface area contributed by atoms with Gasteiger partial charge in [-0.2, -0.15) is 0 Å². The van der Waals surface area contributed by atoms with Gasteiger partial charge in [0, 0.05) is 6.42 Å². The highest BCUT2D eigenvalue weighted by molar-refractivity contribution is 4.75. The Balaban J connectivity index is 2.89. The summed E-state index contributed by atoms with van der Waals surface area (Å²) in [6.45, 7) is -2.68. The molecule has 0 saturated carbocycles. The van der Waals surface area contributed by atoms with Crippen molar-refractivity contribution in [3.05, 3.63) is 50.6 Å². The van der Waals surface area contributed by atoms with Gasteiger partial charge >= 0.3 is 11.7 Å². The number of hydrogen-bond donors (Lipinski definition) is 0. The first-order valence-corrected chi connectivity index (χ1v) is 6.05. The number of alkyl halides is 1. The van der Waals surface area contributed by atoms with E-state index < -0.39 is 68.2 Å². The van der Waals surface area contributed by atoms with E-state index in [2.05, 4.69) is 9.47 Å². The Morgan fingerprint density at radius 2 is 1.36 bits per heavy atom. The lowest BCUT2D eigenvalue weighted by Crippen LogP contribution is -2.57. The van der Waals surface area contributed by atoms with Gasteiger partial charge in [0.1, 0.15) is 9.85 Å². The Bertz CT molecular complexity index is 575. The number of nitro groups is 5. The van der Waals surface area contributed by atoms with Crippen molar-refractivity contribution in [1.82, 2.24) is 0 Å². The molecule has 140 valence electrons. The molecule has 1 heterocycles. The highest BCUT2D eigenvalue weighted by atomic mass is 19.2. The largest absolute Gasteiger partial charge is 0.723 e. The van der Waals surface area contributed by atoms with Crippen LogP contribution in [-0.4, -0.2) is 55.8 Å². The van der Waals surface area contributed by atoms with E-state index in [1.54, 1.807) is 0 Å². The van der Waals surface area contributed by atoms with Crippen LogP contribution >= 0.6 is 0 Å². The van der Waals surface area contributed by atoms with Crippen LogP contribution < -0.4 is 0 Å². The number of hydrogen-bond acceptors (Lipinski definition) is 12. The molecule has 25 heavy (non-hydrogen) atoms. The van der Waals surface area contributed by atoms with E-state index in [1.165, 1.54) is 0 Å².